The first-order chi connectivity index (χ1) is 16.5. The van der Waals surface area contributed by atoms with E-state index in [9.17, 15) is 14.0 Å². The molecule has 1 N–H and O–H groups in total. The Morgan fingerprint density at radius 1 is 0.971 bits per heavy atom. The number of nitrogens with zero attached hydrogens (tertiary/aromatic N) is 2. The second kappa shape index (κ2) is 11.0. The Kier molecular flexibility index (Phi) is 7.79. The minimum atomic E-state index is -0.489. The average molecular weight is 573 g/mol. The third-order valence-corrected chi connectivity index (χ3v) is 6.82. The van der Waals surface area contributed by atoms with E-state index in [1.165, 1.54) is 13.2 Å². The molecule has 0 spiro atoms. The van der Waals surface area contributed by atoms with Gasteiger partial charge in [0.15, 0.2) is 0 Å². The molecule has 1 saturated heterocycles. The number of halogens is 2. The summed E-state index contributed by atoms with van der Waals surface area (Å²) in [4.78, 5) is 29.0. The van der Waals surface area contributed by atoms with Crippen LogP contribution in [0, 0.1) is 9.39 Å². The summed E-state index contributed by atoms with van der Waals surface area (Å²) in [5, 5.41) is 2.77. The lowest BCUT2D eigenvalue weighted by atomic mass is 10.0. The number of rotatable bonds is 6. The van der Waals surface area contributed by atoms with Crippen LogP contribution in [0.3, 0.4) is 0 Å². The molecule has 0 aliphatic carbocycles. The van der Waals surface area contributed by atoms with Crippen molar-refractivity contribution >= 4 is 45.8 Å². The van der Waals surface area contributed by atoms with Gasteiger partial charge in [0.25, 0.3) is 5.91 Å². The number of esters is 1. The Balaban J connectivity index is 1.43. The number of hydrogen-bond donors (Lipinski definition) is 1. The predicted octanol–water partition coefficient (Wildman–Crippen LogP) is 4.72. The number of ether oxygens (including phenoxy) is 1. The second-order valence-electron chi connectivity index (χ2n) is 7.96. The number of carbonyl (C=O) groups excluding carboxylic acids is 2. The van der Waals surface area contributed by atoms with Crippen LogP contribution in [0.4, 0.5) is 15.8 Å². The highest BCUT2D eigenvalue weighted by Gasteiger charge is 2.31. The molecule has 176 valence electrons. The molecule has 1 unspecified atom stereocenters. The van der Waals surface area contributed by atoms with Crippen molar-refractivity contribution in [3.05, 3.63) is 93.3 Å². The van der Waals surface area contributed by atoms with E-state index in [1.807, 2.05) is 47.4 Å². The largest absolute Gasteiger partial charge is 0.468 e. The van der Waals surface area contributed by atoms with Crippen molar-refractivity contribution in [2.24, 2.45) is 0 Å². The molecule has 3 aromatic carbocycles. The lowest BCUT2D eigenvalue weighted by molar-refractivity contribution is -0.147. The first-order valence-corrected chi connectivity index (χ1v) is 12.0. The van der Waals surface area contributed by atoms with Gasteiger partial charge in [-0.3, -0.25) is 9.69 Å². The van der Waals surface area contributed by atoms with E-state index in [0.717, 1.165) is 9.13 Å². The van der Waals surface area contributed by atoms with Crippen molar-refractivity contribution in [3.8, 4) is 0 Å². The van der Waals surface area contributed by atoms with Crippen LogP contribution in [0.15, 0.2) is 72.8 Å². The molecule has 0 bridgehead atoms. The van der Waals surface area contributed by atoms with Gasteiger partial charge >= 0.3 is 5.97 Å². The molecule has 6 nitrogen and oxygen atoms in total. The summed E-state index contributed by atoms with van der Waals surface area (Å²) in [6.45, 7) is 2.29. The maximum atomic E-state index is 15.0. The number of hydrogen-bond acceptors (Lipinski definition) is 5. The molecule has 34 heavy (non-hydrogen) atoms. The average Bonchev–Trinajstić information content (AvgIpc) is 2.85. The van der Waals surface area contributed by atoms with Gasteiger partial charge in [-0.25, -0.2) is 9.18 Å². The predicted molar refractivity (Wildman–Crippen MR) is 138 cm³/mol. The molecule has 1 aliphatic heterocycles. The van der Waals surface area contributed by atoms with Gasteiger partial charge in [-0.15, -0.1) is 0 Å². The van der Waals surface area contributed by atoms with Crippen LogP contribution in [0.1, 0.15) is 22.0 Å². The lowest BCUT2D eigenvalue weighted by Crippen LogP contribution is -2.49. The highest BCUT2D eigenvalue weighted by molar-refractivity contribution is 14.1. The van der Waals surface area contributed by atoms with Crippen LogP contribution < -0.4 is 10.2 Å². The van der Waals surface area contributed by atoms with Crippen molar-refractivity contribution < 1.29 is 18.7 Å². The number of piperazine rings is 1. The Morgan fingerprint density at radius 2 is 1.65 bits per heavy atom. The van der Waals surface area contributed by atoms with Crippen molar-refractivity contribution in [2.45, 2.75) is 6.04 Å². The Bertz CT molecular complexity index is 1170. The number of amides is 1. The number of benzene rings is 3. The van der Waals surface area contributed by atoms with Crippen LogP contribution in [0.2, 0.25) is 0 Å². The smallest absolute Gasteiger partial charge is 0.327 e. The van der Waals surface area contributed by atoms with Crippen LogP contribution >= 0.6 is 22.6 Å². The molecular formula is C26H25FIN3O3. The Morgan fingerprint density at radius 3 is 2.29 bits per heavy atom. The molecule has 3 aromatic rings. The highest BCUT2D eigenvalue weighted by atomic mass is 127. The summed E-state index contributed by atoms with van der Waals surface area (Å²) in [7, 11) is 1.39. The zero-order valence-electron chi connectivity index (χ0n) is 18.7. The maximum Gasteiger partial charge on any atom is 0.327 e. The third-order valence-electron chi connectivity index (χ3n) is 5.88. The first kappa shape index (κ1) is 24.2. The SMILES string of the molecule is COC(=O)C(c1ccccc1)N1CCN(c2ccc(NC(=O)c3ccccc3I)cc2F)CC1. The quantitative estimate of drug-likeness (QED) is 0.342. The van der Waals surface area contributed by atoms with E-state index in [0.29, 0.717) is 43.1 Å². The van der Waals surface area contributed by atoms with Gasteiger partial charge in [-0.2, -0.15) is 0 Å². The van der Waals surface area contributed by atoms with E-state index in [-0.39, 0.29) is 11.9 Å². The van der Waals surface area contributed by atoms with Gasteiger partial charge in [0.2, 0.25) is 0 Å². The van der Waals surface area contributed by atoms with E-state index in [2.05, 4.69) is 32.8 Å². The minimum Gasteiger partial charge on any atom is -0.468 e. The molecule has 4 rings (SSSR count). The summed E-state index contributed by atoms with van der Waals surface area (Å²) in [5.41, 5.74) is 2.30. The van der Waals surface area contributed by atoms with Gasteiger partial charge < -0.3 is 15.0 Å². The van der Waals surface area contributed by atoms with Crippen molar-refractivity contribution in [1.29, 1.82) is 0 Å². The van der Waals surface area contributed by atoms with Crippen molar-refractivity contribution in [2.75, 3.05) is 43.5 Å². The van der Waals surface area contributed by atoms with E-state index in [1.54, 1.807) is 24.3 Å². The number of nitrogens with one attached hydrogen (secondary N) is 1. The molecule has 1 atom stereocenters. The first-order valence-electron chi connectivity index (χ1n) is 10.9. The van der Waals surface area contributed by atoms with E-state index in [4.69, 9.17) is 4.74 Å². The van der Waals surface area contributed by atoms with Gasteiger partial charge in [-0.1, -0.05) is 42.5 Å². The fourth-order valence-electron chi connectivity index (χ4n) is 4.15. The maximum absolute atomic E-state index is 15.0. The number of carbonyl (C=O) groups is 2. The Hall–Kier alpha value is -2.98. The molecule has 1 aliphatic rings. The summed E-state index contributed by atoms with van der Waals surface area (Å²) in [6.07, 6.45) is 0. The van der Waals surface area contributed by atoms with Gasteiger partial charge in [0.05, 0.1) is 18.4 Å². The van der Waals surface area contributed by atoms with Crippen molar-refractivity contribution in [3.63, 3.8) is 0 Å². The summed E-state index contributed by atoms with van der Waals surface area (Å²) in [6, 6.07) is 21.0. The molecule has 8 heteroatoms. The normalized spacial score (nSPS) is 15.0. The van der Waals surface area contributed by atoms with Crippen molar-refractivity contribution in [1.82, 2.24) is 4.90 Å². The molecule has 0 saturated carbocycles. The standard InChI is InChI=1S/C26H25FIN3O3/c1-34-26(33)24(18-7-3-2-4-8-18)31-15-13-30(14-16-31)23-12-11-19(17-21(23)27)29-25(32)20-9-5-6-10-22(20)28/h2-12,17,24H,13-16H2,1H3,(H,29,32). The lowest BCUT2D eigenvalue weighted by Gasteiger charge is -2.39. The topological polar surface area (TPSA) is 61.9 Å². The Labute approximate surface area is 211 Å². The van der Waals surface area contributed by atoms with Gasteiger partial charge in [0, 0.05) is 35.4 Å². The van der Waals surface area contributed by atoms with Gasteiger partial charge in [-0.05, 0) is 58.5 Å². The zero-order chi connectivity index (χ0) is 24.1. The fourth-order valence-corrected chi connectivity index (χ4v) is 4.78. The molecule has 1 fully saturated rings. The van der Waals surface area contributed by atoms with Crippen LogP contribution in [-0.2, 0) is 9.53 Å². The van der Waals surface area contributed by atoms with E-state index >= 15 is 0 Å². The van der Waals surface area contributed by atoms with Gasteiger partial charge in [0.1, 0.15) is 11.9 Å². The zero-order valence-corrected chi connectivity index (χ0v) is 20.9. The van der Waals surface area contributed by atoms with E-state index < -0.39 is 11.9 Å². The van der Waals surface area contributed by atoms with Crippen LogP contribution in [0.25, 0.3) is 0 Å². The number of anilines is 2. The second-order valence-corrected chi connectivity index (χ2v) is 9.12. The minimum absolute atomic E-state index is 0.277. The molecule has 0 aromatic heterocycles. The molecule has 1 amide bonds. The molecule has 1 heterocycles. The van der Waals surface area contributed by atoms with Crippen LogP contribution in [-0.4, -0.2) is 50.1 Å². The summed E-state index contributed by atoms with van der Waals surface area (Å²) in [5.74, 6) is -0.985. The monoisotopic (exact) mass is 573 g/mol. The fraction of sp³-hybridized carbons (Fsp3) is 0.231. The summed E-state index contributed by atoms with van der Waals surface area (Å²) >= 11 is 2.10. The highest BCUT2D eigenvalue weighted by Crippen LogP contribution is 2.28. The molecular weight excluding hydrogens is 548 g/mol. The van der Waals surface area contributed by atoms with Crippen LogP contribution in [0.5, 0.6) is 0 Å². The summed E-state index contributed by atoms with van der Waals surface area (Å²) < 4.78 is 20.9. The number of methoxy groups -OCH3 is 1. The molecule has 0 radical (unpaired) electrons. The third kappa shape index (κ3) is 5.39.